The fourth-order valence-corrected chi connectivity index (χ4v) is 2.44. The van der Waals surface area contributed by atoms with Crippen LogP contribution in [0.5, 0.6) is 0 Å². The summed E-state index contributed by atoms with van der Waals surface area (Å²) in [7, 11) is 0. The highest BCUT2D eigenvalue weighted by atomic mass is 19.1. The van der Waals surface area contributed by atoms with Crippen molar-refractivity contribution in [2.75, 3.05) is 18.0 Å². The summed E-state index contributed by atoms with van der Waals surface area (Å²) in [5.41, 5.74) is 6.67. The van der Waals surface area contributed by atoms with Crippen LogP contribution in [0.25, 0.3) is 0 Å². The molecule has 1 aliphatic heterocycles. The molecule has 0 saturated carbocycles. The van der Waals surface area contributed by atoms with E-state index in [9.17, 15) is 9.50 Å². The Morgan fingerprint density at radius 1 is 1.58 bits per heavy atom. The third kappa shape index (κ3) is 2.78. The number of aliphatic hydroxyl groups is 1. The molecule has 1 heterocycles. The van der Waals surface area contributed by atoms with Crippen LogP contribution in [0.4, 0.5) is 10.1 Å². The maximum absolute atomic E-state index is 13.3. The van der Waals surface area contributed by atoms with E-state index in [1.165, 1.54) is 12.1 Å². The summed E-state index contributed by atoms with van der Waals surface area (Å²) >= 11 is 0. The minimum Gasteiger partial charge on any atom is -0.409 e. The van der Waals surface area contributed by atoms with Crippen molar-refractivity contribution >= 4 is 11.5 Å². The molecule has 1 aromatic rings. The highest BCUT2D eigenvalue weighted by molar-refractivity contribution is 6.02. The lowest BCUT2D eigenvalue weighted by atomic mass is 10.0. The van der Waals surface area contributed by atoms with Gasteiger partial charge >= 0.3 is 0 Å². The van der Waals surface area contributed by atoms with E-state index in [2.05, 4.69) is 5.16 Å². The Morgan fingerprint density at radius 2 is 2.32 bits per heavy atom. The molecule has 0 radical (unpaired) electrons. The van der Waals surface area contributed by atoms with Crippen LogP contribution in [0.3, 0.4) is 0 Å². The Hall–Kier alpha value is -1.82. The highest BCUT2D eigenvalue weighted by Gasteiger charge is 2.28. The first-order valence-corrected chi connectivity index (χ1v) is 6.23. The topological polar surface area (TPSA) is 82.1 Å². The van der Waals surface area contributed by atoms with Gasteiger partial charge in [0.1, 0.15) is 5.82 Å². The molecule has 2 rings (SSSR count). The number of halogens is 1. The van der Waals surface area contributed by atoms with Crippen LogP contribution >= 0.6 is 0 Å². The highest BCUT2D eigenvalue weighted by Crippen LogP contribution is 2.29. The number of nitrogens with zero attached hydrogens (tertiary/aromatic N) is 2. The van der Waals surface area contributed by atoms with Gasteiger partial charge in [-0.05, 0) is 31.5 Å². The maximum atomic E-state index is 13.3. The second-order valence-corrected chi connectivity index (χ2v) is 4.88. The van der Waals surface area contributed by atoms with Gasteiger partial charge in [-0.2, -0.15) is 0 Å². The maximum Gasteiger partial charge on any atom is 0.172 e. The predicted octanol–water partition coefficient (Wildman–Crippen LogP) is 1.13. The molecule has 5 nitrogen and oxygen atoms in total. The zero-order valence-electron chi connectivity index (χ0n) is 10.8. The molecule has 0 aromatic heterocycles. The van der Waals surface area contributed by atoms with E-state index in [1.54, 1.807) is 13.0 Å². The zero-order chi connectivity index (χ0) is 14.0. The molecule has 2 atom stereocenters. The number of aliphatic hydroxyl groups excluding tert-OH is 1. The number of benzene rings is 1. The summed E-state index contributed by atoms with van der Waals surface area (Å²) in [6, 6.07) is 4.21. The van der Waals surface area contributed by atoms with Gasteiger partial charge in [-0.3, -0.25) is 0 Å². The van der Waals surface area contributed by atoms with Crippen LogP contribution in [0, 0.1) is 11.7 Å². The van der Waals surface area contributed by atoms with Crippen molar-refractivity contribution < 1.29 is 14.7 Å². The summed E-state index contributed by atoms with van der Waals surface area (Å²) in [5.74, 6) is -0.364. The van der Waals surface area contributed by atoms with Crippen LogP contribution in [0.1, 0.15) is 18.9 Å². The second-order valence-electron chi connectivity index (χ2n) is 4.88. The monoisotopic (exact) mass is 267 g/mol. The SMILES string of the molecule is CC(O)C1CCN(c2ccc(F)cc2/C(N)=N/O)C1. The lowest BCUT2D eigenvalue weighted by molar-refractivity contribution is 0.136. The quantitative estimate of drug-likeness (QED) is 0.332. The van der Waals surface area contributed by atoms with E-state index in [4.69, 9.17) is 10.9 Å². The van der Waals surface area contributed by atoms with E-state index in [0.29, 0.717) is 12.1 Å². The molecular weight excluding hydrogens is 249 g/mol. The zero-order valence-corrected chi connectivity index (χ0v) is 10.8. The van der Waals surface area contributed by atoms with Gasteiger partial charge in [0, 0.05) is 30.3 Å². The number of nitrogens with two attached hydrogens (primary N) is 1. The molecule has 6 heteroatoms. The van der Waals surface area contributed by atoms with E-state index in [0.717, 1.165) is 18.7 Å². The smallest absolute Gasteiger partial charge is 0.172 e. The van der Waals surface area contributed by atoms with Crippen molar-refractivity contribution in [3.8, 4) is 0 Å². The molecule has 1 saturated heterocycles. The molecule has 1 aliphatic rings. The van der Waals surface area contributed by atoms with Crippen molar-refractivity contribution in [1.82, 2.24) is 0 Å². The molecule has 0 aliphatic carbocycles. The Balaban J connectivity index is 2.30. The molecule has 104 valence electrons. The average Bonchev–Trinajstić information content (AvgIpc) is 2.87. The third-order valence-electron chi connectivity index (χ3n) is 3.59. The summed E-state index contributed by atoms with van der Waals surface area (Å²) in [6.07, 6.45) is 0.489. The largest absolute Gasteiger partial charge is 0.409 e. The minimum absolute atomic E-state index is 0.116. The predicted molar refractivity (Wildman–Crippen MR) is 70.9 cm³/mol. The summed E-state index contributed by atoms with van der Waals surface area (Å²) in [5, 5.41) is 21.3. The van der Waals surface area contributed by atoms with Crippen LogP contribution < -0.4 is 10.6 Å². The second kappa shape index (κ2) is 5.44. The summed E-state index contributed by atoms with van der Waals surface area (Å²) in [6.45, 7) is 3.20. The van der Waals surface area contributed by atoms with Crippen molar-refractivity contribution in [3.63, 3.8) is 0 Å². The van der Waals surface area contributed by atoms with E-state index in [1.807, 2.05) is 4.90 Å². The molecular formula is C13H18FN3O2. The molecule has 1 fully saturated rings. The average molecular weight is 267 g/mol. The van der Waals surface area contributed by atoms with Crippen molar-refractivity contribution in [1.29, 1.82) is 0 Å². The first-order chi connectivity index (χ1) is 9.02. The number of rotatable bonds is 3. The lowest BCUT2D eigenvalue weighted by Gasteiger charge is -2.22. The van der Waals surface area contributed by atoms with Crippen LogP contribution in [-0.2, 0) is 0 Å². The van der Waals surface area contributed by atoms with Gasteiger partial charge in [0.05, 0.1) is 6.10 Å². The van der Waals surface area contributed by atoms with Gasteiger partial charge in [-0.25, -0.2) is 4.39 Å². The van der Waals surface area contributed by atoms with Gasteiger partial charge in [0.15, 0.2) is 5.84 Å². The van der Waals surface area contributed by atoms with Gasteiger partial charge in [-0.1, -0.05) is 5.16 Å². The number of anilines is 1. The molecule has 0 amide bonds. The lowest BCUT2D eigenvalue weighted by Crippen LogP contribution is -2.27. The Labute approximate surface area is 111 Å². The molecule has 0 spiro atoms. The molecule has 4 N–H and O–H groups in total. The minimum atomic E-state index is -0.434. The molecule has 2 unspecified atom stereocenters. The number of amidine groups is 1. The number of hydrogen-bond donors (Lipinski definition) is 3. The van der Waals surface area contributed by atoms with Crippen molar-refractivity contribution in [2.45, 2.75) is 19.4 Å². The van der Waals surface area contributed by atoms with Crippen molar-refractivity contribution in [3.05, 3.63) is 29.6 Å². The summed E-state index contributed by atoms with van der Waals surface area (Å²) in [4.78, 5) is 2.02. The molecule has 19 heavy (non-hydrogen) atoms. The first-order valence-electron chi connectivity index (χ1n) is 6.23. The fourth-order valence-electron chi connectivity index (χ4n) is 2.44. The van der Waals surface area contributed by atoms with Crippen LogP contribution in [0.2, 0.25) is 0 Å². The first kappa shape index (κ1) is 13.6. The van der Waals surface area contributed by atoms with Gasteiger partial charge in [-0.15, -0.1) is 0 Å². The van der Waals surface area contributed by atoms with Gasteiger partial charge in [0.2, 0.25) is 0 Å². The Morgan fingerprint density at radius 3 is 2.89 bits per heavy atom. The van der Waals surface area contributed by atoms with Gasteiger partial charge in [0.25, 0.3) is 0 Å². The van der Waals surface area contributed by atoms with Crippen LogP contribution in [0.15, 0.2) is 23.4 Å². The standard InChI is InChI=1S/C13H18FN3O2/c1-8(18)9-4-5-17(7-9)12-3-2-10(14)6-11(12)13(15)16-19/h2-3,6,8-9,18-19H,4-5,7H2,1H3,(H2,15,16). The van der Waals surface area contributed by atoms with Crippen LogP contribution in [-0.4, -0.2) is 35.3 Å². The number of hydrogen-bond acceptors (Lipinski definition) is 4. The fraction of sp³-hybridized carbons (Fsp3) is 0.462. The molecule has 0 bridgehead atoms. The van der Waals surface area contributed by atoms with Gasteiger partial charge < -0.3 is 20.9 Å². The summed E-state index contributed by atoms with van der Waals surface area (Å²) < 4.78 is 13.3. The Bertz CT molecular complexity index is 491. The van der Waals surface area contributed by atoms with E-state index < -0.39 is 5.82 Å². The Kier molecular flexibility index (Phi) is 3.90. The third-order valence-corrected chi connectivity index (χ3v) is 3.59. The van der Waals surface area contributed by atoms with E-state index in [-0.39, 0.29) is 17.9 Å². The number of oxime groups is 1. The van der Waals surface area contributed by atoms with E-state index >= 15 is 0 Å². The normalized spacial score (nSPS) is 21.7. The molecule has 1 aromatic carbocycles. The van der Waals surface area contributed by atoms with Crippen molar-refractivity contribution in [2.24, 2.45) is 16.8 Å².